The van der Waals surface area contributed by atoms with Crippen molar-refractivity contribution in [2.75, 3.05) is 65.9 Å². The summed E-state index contributed by atoms with van der Waals surface area (Å²) >= 11 is 0. The Bertz CT molecular complexity index is 228. The maximum absolute atomic E-state index is 10.2. The third-order valence-electron chi connectivity index (χ3n) is 2.38. The average Bonchev–Trinajstić information content (AvgIpc) is 2.46. The summed E-state index contributed by atoms with van der Waals surface area (Å²) in [5.74, 6) is -0.942. The maximum atomic E-state index is 10.2. The molecule has 0 aliphatic carbocycles. The van der Waals surface area contributed by atoms with Gasteiger partial charge in [0, 0.05) is 19.8 Å². The first kappa shape index (κ1) is 20.3. The van der Waals surface area contributed by atoms with Crippen LogP contribution in [0.15, 0.2) is 0 Å². The fourth-order valence-corrected chi connectivity index (χ4v) is 1.41. The second-order valence-electron chi connectivity index (χ2n) is 4.39. The van der Waals surface area contributed by atoms with Crippen molar-refractivity contribution in [3.63, 3.8) is 0 Å². The third kappa shape index (κ3) is 19.3. The molecule has 0 aliphatic rings. The van der Waals surface area contributed by atoms with Crippen molar-refractivity contribution in [2.24, 2.45) is 0 Å². The van der Waals surface area contributed by atoms with E-state index in [2.05, 4.69) is 12.2 Å². The van der Waals surface area contributed by atoms with Crippen molar-refractivity contribution in [1.82, 2.24) is 5.32 Å². The molecule has 0 aromatic heterocycles. The first-order valence-corrected chi connectivity index (χ1v) is 7.50. The normalized spacial score (nSPS) is 10.9. The predicted molar refractivity (Wildman–Crippen MR) is 78.7 cm³/mol. The Labute approximate surface area is 126 Å². The molecule has 0 atom stereocenters. The van der Waals surface area contributed by atoms with Crippen LogP contribution in [0.1, 0.15) is 19.8 Å². The van der Waals surface area contributed by atoms with E-state index in [9.17, 15) is 4.79 Å². The van der Waals surface area contributed by atoms with Crippen molar-refractivity contribution >= 4 is 5.97 Å². The van der Waals surface area contributed by atoms with Gasteiger partial charge in [-0.25, -0.2) is 4.79 Å². The number of hydrogen-bond acceptors (Lipinski definition) is 6. The lowest BCUT2D eigenvalue weighted by Gasteiger charge is -2.07. The van der Waals surface area contributed by atoms with Crippen LogP contribution in [0.3, 0.4) is 0 Å². The largest absolute Gasteiger partial charge is 0.480 e. The number of carbonyl (C=O) groups is 1. The highest BCUT2D eigenvalue weighted by Crippen LogP contribution is 1.85. The van der Waals surface area contributed by atoms with Gasteiger partial charge in [-0.3, -0.25) is 0 Å². The third-order valence-corrected chi connectivity index (χ3v) is 2.38. The molecule has 0 heterocycles. The van der Waals surface area contributed by atoms with Crippen LogP contribution < -0.4 is 5.32 Å². The molecule has 0 spiro atoms. The lowest BCUT2D eigenvalue weighted by atomic mass is 10.4. The van der Waals surface area contributed by atoms with E-state index in [-0.39, 0.29) is 6.61 Å². The van der Waals surface area contributed by atoms with Gasteiger partial charge >= 0.3 is 5.97 Å². The molecule has 0 saturated heterocycles. The van der Waals surface area contributed by atoms with Gasteiger partial charge in [-0.1, -0.05) is 6.92 Å². The van der Waals surface area contributed by atoms with Crippen LogP contribution >= 0.6 is 0 Å². The van der Waals surface area contributed by atoms with E-state index in [1.807, 2.05) is 0 Å². The Balaban J connectivity index is 2.95. The minimum absolute atomic E-state index is 0.242. The molecule has 0 saturated carbocycles. The second kappa shape index (κ2) is 17.3. The molecule has 7 heteroatoms. The summed E-state index contributed by atoms with van der Waals surface area (Å²) in [4.78, 5) is 10.2. The van der Waals surface area contributed by atoms with Crippen LogP contribution in [0.4, 0.5) is 0 Å². The van der Waals surface area contributed by atoms with Crippen molar-refractivity contribution in [3.8, 4) is 0 Å². The summed E-state index contributed by atoms with van der Waals surface area (Å²) in [6.07, 6.45) is 1.93. The van der Waals surface area contributed by atoms with Crippen LogP contribution in [-0.4, -0.2) is 77.0 Å². The van der Waals surface area contributed by atoms with Gasteiger partial charge in [-0.15, -0.1) is 0 Å². The zero-order chi connectivity index (χ0) is 15.6. The molecule has 0 aromatic rings. The van der Waals surface area contributed by atoms with E-state index >= 15 is 0 Å². The van der Waals surface area contributed by atoms with E-state index in [0.717, 1.165) is 26.0 Å². The number of ether oxygens (including phenoxy) is 4. The predicted octanol–water partition coefficient (Wildman–Crippen LogP) is 0.527. The number of rotatable bonds is 17. The zero-order valence-corrected chi connectivity index (χ0v) is 13.0. The van der Waals surface area contributed by atoms with Gasteiger partial charge in [0.1, 0.15) is 6.61 Å². The standard InChI is InChI=1S/C14H29NO6/c1-2-6-18-9-11-20-12-10-19-7-3-4-15-5-8-21-13-14(16)17/h15H,2-13H2,1H3,(H,16,17). The molecule has 0 bridgehead atoms. The Morgan fingerprint density at radius 2 is 1.48 bits per heavy atom. The van der Waals surface area contributed by atoms with Gasteiger partial charge in [-0.05, 0) is 19.4 Å². The highest BCUT2D eigenvalue weighted by molar-refractivity contribution is 5.67. The topological polar surface area (TPSA) is 86.3 Å². The Morgan fingerprint density at radius 1 is 0.857 bits per heavy atom. The molecule has 0 aromatic carbocycles. The van der Waals surface area contributed by atoms with Crippen molar-refractivity contribution < 1.29 is 28.8 Å². The number of carboxylic acids is 1. The van der Waals surface area contributed by atoms with Gasteiger partial charge in [0.2, 0.25) is 0 Å². The number of carboxylic acid groups (broad SMARTS) is 1. The summed E-state index contributed by atoms with van der Waals surface area (Å²) < 4.78 is 20.9. The Kier molecular flexibility index (Phi) is 16.7. The molecular formula is C14H29NO6. The van der Waals surface area contributed by atoms with Crippen LogP contribution in [0, 0.1) is 0 Å². The molecule has 0 rings (SSSR count). The highest BCUT2D eigenvalue weighted by atomic mass is 16.5. The Morgan fingerprint density at radius 3 is 2.10 bits per heavy atom. The lowest BCUT2D eigenvalue weighted by molar-refractivity contribution is -0.142. The molecule has 21 heavy (non-hydrogen) atoms. The van der Waals surface area contributed by atoms with Crippen LogP contribution in [-0.2, 0) is 23.7 Å². The first-order chi connectivity index (χ1) is 10.3. The molecule has 7 nitrogen and oxygen atoms in total. The molecule has 0 unspecified atom stereocenters. The summed E-state index contributed by atoms with van der Waals surface area (Å²) in [5.41, 5.74) is 0. The second-order valence-corrected chi connectivity index (χ2v) is 4.39. The molecular weight excluding hydrogens is 278 g/mol. The van der Waals surface area contributed by atoms with Crippen LogP contribution in [0.25, 0.3) is 0 Å². The summed E-state index contributed by atoms with van der Waals surface area (Å²) in [7, 11) is 0. The number of hydrogen-bond donors (Lipinski definition) is 2. The summed E-state index contributed by atoms with van der Waals surface area (Å²) in [6.45, 7) is 7.61. The minimum Gasteiger partial charge on any atom is -0.480 e. The van der Waals surface area contributed by atoms with Crippen LogP contribution in [0.5, 0.6) is 0 Å². The van der Waals surface area contributed by atoms with E-state index in [1.54, 1.807) is 0 Å². The molecule has 2 N–H and O–H groups in total. The lowest BCUT2D eigenvalue weighted by Crippen LogP contribution is -2.23. The zero-order valence-electron chi connectivity index (χ0n) is 13.0. The fraction of sp³-hybridized carbons (Fsp3) is 0.929. The van der Waals surface area contributed by atoms with Gasteiger partial charge < -0.3 is 29.4 Å². The Hall–Kier alpha value is -0.730. The van der Waals surface area contributed by atoms with Gasteiger partial charge in [0.05, 0.1) is 33.0 Å². The monoisotopic (exact) mass is 307 g/mol. The van der Waals surface area contributed by atoms with Crippen LogP contribution in [0.2, 0.25) is 0 Å². The SMILES string of the molecule is CCCOCCOCCOCCCNCCOCC(=O)O. The van der Waals surface area contributed by atoms with Crippen molar-refractivity contribution in [3.05, 3.63) is 0 Å². The average molecular weight is 307 g/mol. The maximum Gasteiger partial charge on any atom is 0.329 e. The number of aliphatic carboxylic acids is 1. The van der Waals surface area contributed by atoms with Crippen molar-refractivity contribution in [1.29, 1.82) is 0 Å². The summed E-state index contributed by atoms with van der Waals surface area (Å²) in [6, 6.07) is 0. The minimum atomic E-state index is -0.942. The highest BCUT2D eigenvalue weighted by Gasteiger charge is 1.95. The van der Waals surface area contributed by atoms with Gasteiger partial charge in [0.25, 0.3) is 0 Å². The molecule has 0 amide bonds. The van der Waals surface area contributed by atoms with E-state index in [1.165, 1.54) is 0 Å². The quantitative estimate of drug-likeness (QED) is 0.379. The molecule has 0 fully saturated rings. The molecule has 0 radical (unpaired) electrons. The van der Waals surface area contributed by atoms with E-state index in [0.29, 0.717) is 46.2 Å². The first-order valence-electron chi connectivity index (χ1n) is 7.50. The van der Waals surface area contributed by atoms with E-state index < -0.39 is 5.97 Å². The van der Waals surface area contributed by atoms with Gasteiger partial charge in [0.15, 0.2) is 0 Å². The number of nitrogens with one attached hydrogen (secondary N) is 1. The van der Waals surface area contributed by atoms with Gasteiger partial charge in [-0.2, -0.15) is 0 Å². The smallest absolute Gasteiger partial charge is 0.329 e. The van der Waals surface area contributed by atoms with Crippen molar-refractivity contribution in [2.45, 2.75) is 19.8 Å². The molecule has 126 valence electrons. The van der Waals surface area contributed by atoms with E-state index in [4.69, 9.17) is 24.1 Å². The molecule has 0 aliphatic heterocycles. The fourth-order valence-electron chi connectivity index (χ4n) is 1.41. The summed E-state index contributed by atoms with van der Waals surface area (Å²) in [5, 5.41) is 11.5.